The minimum Gasteiger partial charge on any atom is -0.396 e. The van der Waals surface area contributed by atoms with Gasteiger partial charge in [0.1, 0.15) is 5.82 Å². The first-order valence-electron chi connectivity index (χ1n) is 7.65. The van der Waals surface area contributed by atoms with Crippen LogP contribution in [0.5, 0.6) is 0 Å². The zero-order chi connectivity index (χ0) is 15.7. The summed E-state index contributed by atoms with van der Waals surface area (Å²) in [7, 11) is -3.54. The van der Waals surface area contributed by atoms with Crippen molar-refractivity contribution in [1.82, 2.24) is 14.3 Å². The molecular weight excluding hydrogens is 290 g/mol. The molecule has 21 heavy (non-hydrogen) atoms. The van der Waals surface area contributed by atoms with Crippen molar-refractivity contribution in [2.24, 2.45) is 0 Å². The second kappa shape index (κ2) is 9.17. The third-order valence-electron chi connectivity index (χ3n) is 3.37. The van der Waals surface area contributed by atoms with Gasteiger partial charge in [0.05, 0.1) is 6.20 Å². The van der Waals surface area contributed by atoms with E-state index >= 15 is 0 Å². The zero-order valence-corrected chi connectivity index (χ0v) is 13.8. The Morgan fingerprint density at radius 2 is 1.86 bits per heavy atom. The second-order valence-electron chi connectivity index (χ2n) is 5.23. The average Bonchev–Trinajstić information content (AvgIpc) is 2.89. The molecule has 0 unspecified atom stereocenters. The van der Waals surface area contributed by atoms with Crippen LogP contribution in [-0.2, 0) is 10.0 Å². The van der Waals surface area contributed by atoms with Crippen molar-refractivity contribution in [2.75, 3.05) is 19.7 Å². The fraction of sp³-hybridized carbons (Fsp3) is 0.786. The number of sulfonamides is 1. The largest absolute Gasteiger partial charge is 0.396 e. The number of rotatable bonds is 11. The molecule has 0 saturated carbocycles. The molecule has 2 N–H and O–H groups in total. The van der Waals surface area contributed by atoms with E-state index < -0.39 is 10.0 Å². The normalized spacial score (nSPS) is 12.2. The van der Waals surface area contributed by atoms with E-state index in [1.165, 1.54) is 23.3 Å². The van der Waals surface area contributed by atoms with Gasteiger partial charge in [-0.3, -0.25) is 0 Å². The number of aromatic nitrogens is 2. The lowest BCUT2D eigenvalue weighted by molar-refractivity contribution is 0.267. The molecule has 0 radical (unpaired) electrons. The van der Waals surface area contributed by atoms with Gasteiger partial charge in [-0.2, -0.15) is 4.31 Å². The lowest BCUT2D eigenvalue weighted by Crippen LogP contribution is -2.33. The maximum atomic E-state index is 12.5. The summed E-state index contributed by atoms with van der Waals surface area (Å²) in [5.41, 5.74) is 0. The monoisotopic (exact) mass is 317 g/mol. The van der Waals surface area contributed by atoms with Crippen molar-refractivity contribution in [2.45, 2.75) is 57.4 Å². The van der Waals surface area contributed by atoms with Crippen LogP contribution in [0.3, 0.4) is 0 Å². The summed E-state index contributed by atoms with van der Waals surface area (Å²) in [6, 6.07) is 0. The number of aliphatic hydroxyl groups is 1. The van der Waals surface area contributed by atoms with E-state index in [2.05, 4.69) is 16.9 Å². The van der Waals surface area contributed by atoms with E-state index in [9.17, 15) is 8.42 Å². The molecule has 1 aromatic rings. The SMILES string of the molecule is CCCCCCCN(CCCO)S(=O)(=O)c1cnc(C)[nH]1. The number of unbranched alkanes of at least 4 members (excludes halogenated alkanes) is 4. The van der Waals surface area contributed by atoms with Crippen molar-refractivity contribution in [1.29, 1.82) is 0 Å². The summed E-state index contributed by atoms with van der Waals surface area (Å²) in [4.78, 5) is 6.74. The van der Waals surface area contributed by atoms with Gasteiger partial charge in [0.2, 0.25) is 0 Å². The average molecular weight is 317 g/mol. The van der Waals surface area contributed by atoms with Gasteiger partial charge in [-0.15, -0.1) is 0 Å². The molecule has 0 aromatic carbocycles. The molecule has 6 nitrogen and oxygen atoms in total. The number of aliphatic hydroxyl groups excluding tert-OH is 1. The lowest BCUT2D eigenvalue weighted by atomic mass is 10.1. The Bertz CT molecular complexity index is 499. The van der Waals surface area contributed by atoms with Gasteiger partial charge in [0.25, 0.3) is 10.0 Å². The predicted octanol–water partition coefficient (Wildman–Crippen LogP) is 2.06. The van der Waals surface area contributed by atoms with Crippen LogP contribution >= 0.6 is 0 Å². The maximum Gasteiger partial charge on any atom is 0.260 e. The van der Waals surface area contributed by atoms with E-state index in [1.807, 2.05) is 0 Å². The molecule has 0 atom stereocenters. The van der Waals surface area contributed by atoms with Gasteiger partial charge in [-0.1, -0.05) is 32.6 Å². The Morgan fingerprint density at radius 3 is 2.43 bits per heavy atom. The number of imidazole rings is 1. The van der Waals surface area contributed by atoms with Gasteiger partial charge in [0.15, 0.2) is 5.03 Å². The highest BCUT2D eigenvalue weighted by Gasteiger charge is 2.25. The van der Waals surface area contributed by atoms with Gasteiger partial charge in [-0.05, 0) is 19.8 Å². The predicted molar refractivity (Wildman–Crippen MR) is 82.5 cm³/mol. The van der Waals surface area contributed by atoms with Gasteiger partial charge in [-0.25, -0.2) is 13.4 Å². The molecular formula is C14H27N3O3S. The first kappa shape index (κ1) is 18.1. The molecule has 1 rings (SSSR count). The first-order chi connectivity index (χ1) is 10.0. The highest BCUT2D eigenvalue weighted by atomic mass is 32.2. The van der Waals surface area contributed by atoms with Crippen molar-refractivity contribution >= 4 is 10.0 Å². The summed E-state index contributed by atoms with van der Waals surface area (Å²) in [6.45, 7) is 4.69. The second-order valence-corrected chi connectivity index (χ2v) is 7.13. The van der Waals surface area contributed by atoms with Crippen molar-refractivity contribution in [3.8, 4) is 0 Å². The van der Waals surface area contributed by atoms with Crippen molar-refractivity contribution in [3.05, 3.63) is 12.0 Å². The fourth-order valence-corrected chi connectivity index (χ4v) is 3.64. The minimum absolute atomic E-state index is 0.0101. The van der Waals surface area contributed by atoms with Gasteiger partial charge < -0.3 is 10.1 Å². The quantitative estimate of drug-likeness (QED) is 0.612. The first-order valence-corrected chi connectivity index (χ1v) is 9.09. The van der Waals surface area contributed by atoms with Gasteiger partial charge in [0, 0.05) is 19.7 Å². The smallest absolute Gasteiger partial charge is 0.260 e. The third-order valence-corrected chi connectivity index (χ3v) is 5.18. The van der Waals surface area contributed by atoms with Crippen LogP contribution in [0.4, 0.5) is 0 Å². The Balaban J connectivity index is 2.67. The molecule has 122 valence electrons. The summed E-state index contributed by atoms with van der Waals surface area (Å²) in [6.07, 6.45) is 7.16. The zero-order valence-electron chi connectivity index (χ0n) is 13.0. The van der Waals surface area contributed by atoms with Gasteiger partial charge >= 0.3 is 0 Å². The Morgan fingerprint density at radius 1 is 1.19 bits per heavy atom. The summed E-state index contributed by atoms with van der Waals surface area (Å²) in [5, 5.41) is 9.09. The molecule has 0 bridgehead atoms. The third kappa shape index (κ3) is 5.76. The number of hydrogen-bond acceptors (Lipinski definition) is 4. The van der Waals surface area contributed by atoms with E-state index in [0.29, 0.717) is 25.3 Å². The Labute approximate surface area is 127 Å². The number of nitrogens with one attached hydrogen (secondary N) is 1. The van der Waals surface area contributed by atoms with E-state index in [-0.39, 0.29) is 11.6 Å². The summed E-state index contributed by atoms with van der Waals surface area (Å²) >= 11 is 0. The Hall–Kier alpha value is -0.920. The van der Waals surface area contributed by atoms with E-state index in [0.717, 1.165) is 19.3 Å². The van der Waals surface area contributed by atoms with E-state index in [1.54, 1.807) is 6.92 Å². The molecule has 0 aliphatic rings. The van der Waals surface area contributed by atoms with Crippen LogP contribution in [-0.4, -0.2) is 47.5 Å². The van der Waals surface area contributed by atoms with Crippen LogP contribution in [0.2, 0.25) is 0 Å². The lowest BCUT2D eigenvalue weighted by Gasteiger charge is -2.20. The standard InChI is InChI=1S/C14H27N3O3S/c1-3-4-5-6-7-9-17(10-8-11-18)21(19,20)14-12-15-13(2)16-14/h12,18H,3-11H2,1-2H3,(H,15,16). The number of aryl methyl sites for hydroxylation is 1. The molecule has 0 saturated heterocycles. The highest BCUT2D eigenvalue weighted by molar-refractivity contribution is 7.89. The molecule has 7 heteroatoms. The number of H-pyrrole nitrogens is 1. The molecule has 0 spiro atoms. The highest BCUT2D eigenvalue weighted by Crippen LogP contribution is 2.15. The molecule has 0 fully saturated rings. The molecule has 0 aliphatic carbocycles. The number of hydrogen-bond donors (Lipinski definition) is 2. The fourth-order valence-electron chi connectivity index (χ4n) is 2.16. The van der Waals surface area contributed by atoms with Crippen molar-refractivity contribution in [3.63, 3.8) is 0 Å². The van der Waals surface area contributed by atoms with Crippen LogP contribution in [0, 0.1) is 6.92 Å². The number of nitrogens with zero attached hydrogens (tertiary/aromatic N) is 2. The van der Waals surface area contributed by atoms with Crippen LogP contribution in [0.1, 0.15) is 51.3 Å². The Kier molecular flexibility index (Phi) is 7.92. The minimum atomic E-state index is -3.54. The topological polar surface area (TPSA) is 86.3 Å². The number of aromatic amines is 1. The van der Waals surface area contributed by atoms with Crippen LogP contribution in [0.25, 0.3) is 0 Å². The van der Waals surface area contributed by atoms with Crippen molar-refractivity contribution < 1.29 is 13.5 Å². The maximum absolute atomic E-state index is 12.5. The molecule has 1 aromatic heterocycles. The molecule has 0 amide bonds. The van der Waals surface area contributed by atoms with Crippen LogP contribution in [0.15, 0.2) is 11.2 Å². The summed E-state index contributed by atoms with van der Waals surface area (Å²) < 4.78 is 26.5. The molecule has 1 heterocycles. The molecule has 0 aliphatic heterocycles. The summed E-state index contributed by atoms with van der Waals surface area (Å²) in [5.74, 6) is 0.582. The van der Waals surface area contributed by atoms with E-state index in [4.69, 9.17) is 5.11 Å². The van der Waals surface area contributed by atoms with Crippen LogP contribution < -0.4 is 0 Å².